The monoisotopic (exact) mass is 492 g/mol. The van der Waals surface area contributed by atoms with E-state index in [-0.39, 0.29) is 11.9 Å². The minimum Gasteiger partial charge on any atom is -0.475 e. The first kappa shape index (κ1) is 23.2. The van der Waals surface area contributed by atoms with Crippen LogP contribution in [0.3, 0.4) is 0 Å². The fraction of sp³-hybridized carbons (Fsp3) is 0.310. The third-order valence-electron chi connectivity index (χ3n) is 6.93. The molecule has 4 aromatic rings. The van der Waals surface area contributed by atoms with E-state index in [9.17, 15) is 4.79 Å². The van der Waals surface area contributed by atoms with Crippen molar-refractivity contribution in [3.63, 3.8) is 0 Å². The lowest BCUT2D eigenvalue weighted by atomic mass is 10.0. The maximum atomic E-state index is 13.0. The lowest BCUT2D eigenvalue weighted by Crippen LogP contribution is -2.25. The van der Waals surface area contributed by atoms with E-state index in [2.05, 4.69) is 39.7 Å². The molecule has 1 aliphatic heterocycles. The molecule has 2 aromatic heterocycles. The average Bonchev–Trinajstić information content (AvgIpc) is 3.38. The van der Waals surface area contributed by atoms with Gasteiger partial charge < -0.3 is 15.4 Å². The van der Waals surface area contributed by atoms with Crippen molar-refractivity contribution in [2.45, 2.75) is 32.2 Å². The third-order valence-corrected chi connectivity index (χ3v) is 6.93. The van der Waals surface area contributed by atoms with E-state index in [0.717, 1.165) is 54.7 Å². The Morgan fingerprint density at radius 1 is 1.11 bits per heavy atom. The molecule has 2 N–H and O–H groups in total. The number of imidazole rings is 1. The summed E-state index contributed by atoms with van der Waals surface area (Å²) >= 11 is 0. The summed E-state index contributed by atoms with van der Waals surface area (Å²) in [6, 6.07) is 15.8. The van der Waals surface area contributed by atoms with Gasteiger partial charge in [-0.15, -0.1) is 0 Å². The largest absolute Gasteiger partial charge is 0.475 e. The fourth-order valence-electron chi connectivity index (χ4n) is 4.65. The average molecular weight is 493 g/mol. The number of hydrogen-bond acceptors (Lipinski definition) is 5. The van der Waals surface area contributed by atoms with Crippen LogP contribution in [0.2, 0.25) is 0 Å². The summed E-state index contributed by atoms with van der Waals surface area (Å²) in [5, 5.41) is 6.41. The lowest BCUT2D eigenvalue weighted by Gasteiger charge is -2.17. The van der Waals surface area contributed by atoms with Crippen molar-refractivity contribution in [2.75, 3.05) is 19.7 Å². The highest BCUT2D eigenvalue weighted by Gasteiger charge is 2.27. The predicted molar refractivity (Wildman–Crippen MR) is 142 cm³/mol. The van der Waals surface area contributed by atoms with E-state index in [1.54, 1.807) is 18.3 Å². The second-order valence-corrected chi connectivity index (χ2v) is 9.88. The summed E-state index contributed by atoms with van der Waals surface area (Å²) < 4.78 is 8.22. The van der Waals surface area contributed by atoms with Crippen LogP contribution >= 0.6 is 0 Å². The first-order valence-electron chi connectivity index (χ1n) is 12.7. The summed E-state index contributed by atoms with van der Waals surface area (Å²) in [6.07, 6.45) is 4.84. The van der Waals surface area contributed by atoms with Gasteiger partial charge in [0.1, 0.15) is 5.69 Å². The Morgan fingerprint density at radius 3 is 2.54 bits per heavy atom. The maximum Gasteiger partial charge on any atom is 0.271 e. The smallest absolute Gasteiger partial charge is 0.271 e. The van der Waals surface area contributed by atoms with Crippen LogP contribution in [0.25, 0.3) is 33.0 Å². The van der Waals surface area contributed by atoms with Gasteiger partial charge in [0.05, 0.1) is 24.6 Å². The SMILES string of the molecule is [C-]#[N+]c1ccc(-c2nc(OC[C@@H]3CCNC3)c3nc(C(=O)NC4CC4)cn3c2-c2ccc(C)cc2)cc1. The van der Waals surface area contributed by atoms with Crippen molar-refractivity contribution >= 4 is 17.2 Å². The highest BCUT2D eigenvalue weighted by Crippen LogP contribution is 2.36. The lowest BCUT2D eigenvalue weighted by molar-refractivity contribution is 0.0946. The van der Waals surface area contributed by atoms with Crippen LogP contribution in [0.1, 0.15) is 35.3 Å². The molecule has 2 aromatic carbocycles. The van der Waals surface area contributed by atoms with E-state index in [0.29, 0.717) is 41.1 Å². The molecule has 0 radical (unpaired) electrons. The van der Waals surface area contributed by atoms with Gasteiger partial charge in [0.15, 0.2) is 5.69 Å². The number of carbonyl (C=O) groups excluding carboxylic acids is 1. The van der Waals surface area contributed by atoms with Gasteiger partial charge in [-0.05, 0) is 38.3 Å². The number of hydrogen-bond donors (Lipinski definition) is 2. The van der Waals surface area contributed by atoms with Crippen molar-refractivity contribution in [3.8, 4) is 28.4 Å². The second-order valence-electron chi connectivity index (χ2n) is 9.88. The van der Waals surface area contributed by atoms with Crippen molar-refractivity contribution in [1.29, 1.82) is 0 Å². The zero-order valence-electron chi connectivity index (χ0n) is 20.7. The van der Waals surface area contributed by atoms with Crippen molar-refractivity contribution in [1.82, 2.24) is 25.0 Å². The predicted octanol–water partition coefficient (Wildman–Crippen LogP) is 4.80. The topological polar surface area (TPSA) is 84.9 Å². The Labute approximate surface area is 215 Å². The second kappa shape index (κ2) is 9.68. The molecule has 1 saturated heterocycles. The molecular formula is C29H28N6O2. The van der Waals surface area contributed by atoms with E-state index >= 15 is 0 Å². The molecule has 1 amide bonds. The minimum absolute atomic E-state index is 0.185. The minimum atomic E-state index is -0.185. The summed E-state index contributed by atoms with van der Waals surface area (Å²) in [4.78, 5) is 26.2. The quantitative estimate of drug-likeness (QED) is 0.362. The van der Waals surface area contributed by atoms with Crippen LogP contribution in [0, 0.1) is 19.4 Å². The molecule has 0 bridgehead atoms. The molecule has 186 valence electrons. The van der Waals surface area contributed by atoms with Crippen LogP contribution in [0.4, 0.5) is 5.69 Å². The standard InChI is InChI=1S/C29H28N6O2/c1-18-3-5-21(6-4-18)26-25(20-7-9-22(30-2)10-8-20)34-29(37-17-19-13-14-31-15-19)27-33-24(16-35(26)27)28(36)32-23-11-12-23/h3-10,16,19,23,31H,11-15,17H2,1H3,(H,32,36)/t19-/m1/s1. The van der Waals surface area contributed by atoms with Crippen molar-refractivity contribution < 1.29 is 9.53 Å². The Morgan fingerprint density at radius 2 is 1.86 bits per heavy atom. The number of benzene rings is 2. The van der Waals surface area contributed by atoms with E-state index in [1.165, 1.54) is 0 Å². The summed E-state index contributed by atoms with van der Waals surface area (Å²) in [7, 11) is 0. The van der Waals surface area contributed by atoms with Crippen LogP contribution < -0.4 is 15.4 Å². The molecule has 0 spiro atoms. The number of nitrogens with zero attached hydrogens (tertiary/aromatic N) is 4. The fourth-order valence-corrected chi connectivity index (χ4v) is 4.65. The van der Waals surface area contributed by atoms with Crippen molar-refractivity contribution in [3.05, 3.63) is 77.4 Å². The van der Waals surface area contributed by atoms with Gasteiger partial charge in [0, 0.05) is 30.3 Å². The molecule has 8 heteroatoms. The van der Waals surface area contributed by atoms with Gasteiger partial charge in [-0.1, -0.05) is 54.1 Å². The Kier molecular flexibility index (Phi) is 6.07. The maximum absolute atomic E-state index is 13.0. The van der Waals surface area contributed by atoms with Gasteiger partial charge in [0.25, 0.3) is 11.8 Å². The zero-order valence-corrected chi connectivity index (χ0v) is 20.7. The number of aryl methyl sites for hydroxylation is 1. The van der Waals surface area contributed by atoms with Crippen molar-refractivity contribution in [2.24, 2.45) is 5.92 Å². The summed E-state index contributed by atoms with van der Waals surface area (Å²) in [5.41, 5.74) is 5.90. The molecule has 1 atom stereocenters. The number of ether oxygens (including phenoxy) is 1. The molecule has 1 aliphatic carbocycles. The van der Waals surface area contributed by atoms with Gasteiger partial charge >= 0.3 is 0 Å². The first-order valence-corrected chi connectivity index (χ1v) is 12.7. The van der Waals surface area contributed by atoms with E-state index in [4.69, 9.17) is 21.3 Å². The van der Waals surface area contributed by atoms with E-state index < -0.39 is 0 Å². The van der Waals surface area contributed by atoms with Gasteiger partial charge in [-0.25, -0.2) is 14.8 Å². The van der Waals surface area contributed by atoms with Crippen LogP contribution in [-0.4, -0.2) is 46.0 Å². The zero-order chi connectivity index (χ0) is 25.4. The molecule has 3 heterocycles. The third kappa shape index (κ3) is 4.78. The normalized spacial score (nSPS) is 17.0. The first-order chi connectivity index (χ1) is 18.1. The number of nitrogens with one attached hydrogen (secondary N) is 2. The molecule has 0 unspecified atom stereocenters. The highest BCUT2D eigenvalue weighted by atomic mass is 16.5. The molecular weight excluding hydrogens is 464 g/mol. The molecule has 6 rings (SSSR count). The summed E-state index contributed by atoms with van der Waals surface area (Å²) in [6.45, 7) is 11.8. The van der Waals surface area contributed by atoms with Gasteiger partial charge in [-0.2, -0.15) is 0 Å². The van der Waals surface area contributed by atoms with Crippen LogP contribution in [0.5, 0.6) is 5.88 Å². The number of amides is 1. The number of carbonyl (C=O) groups is 1. The van der Waals surface area contributed by atoms with Crippen LogP contribution in [-0.2, 0) is 0 Å². The molecule has 37 heavy (non-hydrogen) atoms. The number of aromatic nitrogens is 3. The Hall–Kier alpha value is -4.22. The number of fused-ring (bicyclic) bond motifs is 1. The molecule has 1 saturated carbocycles. The number of rotatable bonds is 7. The van der Waals surface area contributed by atoms with Crippen LogP contribution in [0.15, 0.2) is 54.7 Å². The molecule has 2 aliphatic rings. The summed E-state index contributed by atoms with van der Waals surface area (Å²) in [5.74, 6) is 0.611. The van der Waals surface area contributed by atoms with Gasteiger partial charge in [-0.3, -0.25) is 9.20 Å². The molecule has 2 fully saturated rings. The van der Waals surface area contributed by atoms with Gasteiger partial charge in [0.2, 0.25) is 5.65 Å². The highest BCUT2D eigenvalue weighted by molar-refractivity contribution is 5.94. The molecule has 8 nitrogen and oxygen atoms in total. The van der Waals surface area contributed by atoms with E-state index in [1.807, 2.05) is 23.5 Å². The Balaban J connectivity index is 1.54. The Bertz CT molecular complexity index is 1490.